The van der Waals surface area contributed by atoms with Gasteiger partial charge in [-0.1, -0.05) is 32.1 Å². The lowest BCUT2D eigenvalue weighted by Crippen LogP contribution is -2.57. The molecule has 0 unspecified atom stereocenters. The number of halogens is 1. The first-order chi connectivity index (χ1) is 15.9. The number of hydrogen-bond acceptors (Lipinski definition) is 7. The highest BCUT2D eigenvalue weighted by atomic mass is 19.1. The molecular weight excluding hydrogens is 425 g/mol. The van der Waals surface area contributed by atoms with Crippen LogP contribution in [0.5, 0.6) is 0 Å². The average molecular weight is 458 g/mol. The third-order valence-electron chi connectivity index (χ3n) is 6.94. The van der Waals surface area contributed by atoms with Gasteiger partial charge in [0.05, 0.1) is 11.5 Å². The SMILES string of the molecule is CN1CCC(C#N)(NC(=O)[C@H](CC2CCCCC2)Nc2nc(=O)oc3cc(F)ccc23)CC1.[HH]. The normalized spacial score (nSPS) is 20.2. The Kier molecular flexibility index (Phi) is 6.94. The van der Waals surface area contributed by atoms with Crippen molar-refractivity contribution < 1.29 is 15.0 Å². The summed E-state index contributed by atoms with van der Waals surface area (Å²) in [5.74, 6) is -1.13. The van der Waals surface area contributed by atoms with Crippen LogP contribution in [0.4, 0.5) is 10.2 Å². The summed E-state index contributed by atoms with van der Waals surface area (Å²) in [5, 5.41) is 16.4. The number of likely N-dealkylation sites (tertiary alicyclic amines) is 1. The van der Waals surface area contributed by atoms with Crippen molar-refractivity contribution in [2.75, 3.05) is 25.5 Å². The maximum absolute atomic E-state index is 13.7. The fourth-order valence-electron chi connectivity index (χ4n) is 4.90. The molecule has 0 radical (unpaired) electrons. The molecule has 1 saturated heterocycles. The van der Waals surface area contributed by atoms with Crippen LogP contribution in [0, 0.1) is 23.1 Å². The molecule has 9 heteroatoms. The number of nitrogens with one attached hydrogen (secondary N) is 2. The van der Waals surface area contributed by atoms with Gasteiger partial charge in [-0.2, -0.15) is 10.2 Å². The van der Waals surface area contributed by atoms with Crippen LogP contribution < -0.4 is 16.4 Å². The lowest BCUT2D eigenvalue weighted by molar-refractivity contribution is -0.124. The zero-order chi connectivity index (χ0) is 23.4. The lowest BCUT2D eigenvalue weighted by atomic mass is 9.84. The maximum atomic E-state index is 13.7. The Labute approximate surface area is 193 Å². The number of hydrogen-bond donors (Lipinski definition) is 2. The van der Waals surface area contributed by atoms with Crippen molar-refractivity contribution in [3.8, 4) is 6.07 Å². The quantitative estimate of drug-likeness (QED) is 0.684. The number of anilines is 1. The van der Waals surface area contributed by atoms with Gasteiger partial charge < -0.3 is 20.0 Å². The molecule has 1 aromatic heterocycles. The summed E-state index contributed by atoms with van der Waals surface area (Å²) in [6.45, 7) is 1.46. The minimum atomic E-state index is -0.912. The van der Waals surface area contributed by atoms with Crippen molar-refractivity contribution >= 4 is 22.7 Å². The monoisotopic (exact) mass is 457 g/mol. The largest absolute Gasteiger partial charge is 0.441 e. The van der Waals surface area contributed by atoms with Crippen molar-refractivity contribution in [2.24, 2.45) is 5.92 Å². The van der Waals surface area contributed by atoms with Gasteiger partial charge in [-0.05, 0) is 44.4 Å². The van der Waals surface area contributed by atoms with Gasteiger partial charge in [0.15, 0.2) is 0 Å². The smallest absolute Gasteiger partial charge is 0.408 e. The van der Waals surface area contributed by atoms with Crippen LogP contribution in [0.2, 0.25) is 0 Å². The zero-order valence-corrected chi connectivity index (χ0v) is 18.9. The molecular formula is C24H32FN5O3. The Morgan fingerprint density at radius 2 is 2.09 bits per heavy atom. The van der Waals surface area contributed by atoms with E-state index < -0.39 is 23.2 Å². The van der Waals surface area contributed by atoms with Crippen LogP contribution >= 0.6 is 0 Å². The Morgan fingerprint density at radius 1 is 1.36 bits per heavy atom. The molecule has 1 amide bonds. The number of rotatable bonds is 6. The Morgan fingerprint density at radius 3 is 2.79 bits per heavy atom. The van der Waals surface area contributed by atoms with E-state index in [2.05, 4.69) is 26.6 Å². The Balaban J connectivity index is 0.00000324. The van der Waals surface area contributed by atoms with E-state index in [1.165, 1.54) is 18.6 Å². The molecule has 2 aromatic rings. The molecule has 2 aliphatic rings. The number of aromatic nitrogens is 1. The van der Waals surface area contributed by atoms with Crippen LogP contribution in [0.3, 0.4) is 0 Å². The molecule has 2 N–H and O–H groups in total. The number of carbonyl (C=O) groups is 1. The van der Waals surface area contributed by atoms with Gasteiger partial charge in [0, 0.05) is 20.6 Å². The lowest BCUT2D eigenvalue weighted by Gasteiger charge is -2.37. The average Bonchev–Trinajstić information content (AvgIpc) is 2.80. The predicted octanol–water partition coefficient (Wildman–Crippen LogP) is 3.43. The van der Waals surface area contributed by atoms with Gasteiger partial charge in [0.25, 0.3) is 0 Å². The van der Waals surface area contributed by atoms with Crippen LogP contribution in [-0.2, 0) is 4.79 Å². The number of piperidine rings is 1. The molecule has 1 saturated carbocycles. The standard InChI is InChI=1S/C24H30FN5O3.H2/c1-30-11-9-24(15-26,10-12-30)29-22(31)19(13-16-5-3-2-4-6-16)27-21-18-8-7-17(25)14-20(18)33-23(32)28-21;/h7-8,14,16,19H,2-6,9-13H2,1H3,(H,29,31)(H,27,28,32);1H/t19-;/m0./s1. The topological polar surface area (TPSA) is 111 Å². The molecule has 1 aliphatic carbocycles. The van der Waals surface area contributed by atoms with Gasteiger partial charge in [-0.15, -0.1) is 0 Å². The molecule has 4 rings (SSSR count). The second-order valence-corrected chi connectivity index (χ2v) is 9.39. The predicted molar refractivity (Wildman–Crippen MR) is 124 cm³/mol. The third kappa shape index (κ3) is 5.50. The first kappa shape index (κ1) is 23.2. The molecule has 1 atom stereocenters. The third-order valence-corrected chi connectivity index (χ3v) is 6.94. The van der Waals surface area contributed by atoms with Crippen LogP contribution in [-0.4, -0.2) is 47.5 Å². The summed E-state index contributed by atoms with van der Waals surface area (Å²) in [6.07, 6.45) is 7.20. The minimum Gasteiger partial charge on any atom is -0.408 e. The van der Waals surface area contributed by atoms with E-state index in [1.807, 2.05) is 7.05 Å². The summed E-state index contributed by atoms with van der Waals surface area (Å²) in [4.78, 5) is 31.6. The maximum Gasteiger partial charge on any atom is 0.441 e. The molecule has 2 heterocycles. The molecule has 33 heavy (non-hydrogen) atoms. The van der Waals surface area contributed by atoms with E-state index in [-0.39, 0.29) is 18.7 Å². The summed E-state index contributed by atoms with van der Waals surface area (Å²) in [7, 11) is 2.00. The van der Waals surface area contributed by atoms with E-state index in [4.69, 9.17) is 4.42 Å². The van der Waals surface area contributed by atoms with Crippen molar-refractivity contribution in [3.05, 3.63) is 34.6 Å². The first-order valence-electron chi connectivity index (χ1n) is 11.7. The van der Waals surface area contributed by atoms with Crippen molar-refractivity contribution in [2.45, 2.75) is 62.9 Å². The summed E-state index contributed by atoms with van der Waals surface area (Å²) in [5.41, 5.74) is -0.845. The van der Waals surface area contributed by atoms with Crippen molar-refractivity contribution in [3.63, 3.8) is 0 Å². The number of benzene rings is 1. The fraction of sp³-hybridized carbons (Fsp3) is 0.583. The van der Waals surface area contributed by atoms with E-state index in [0.29, 0.717) is 30.6 Å². The van der Waals surface area contributed by atoms with Crippen LogP contribution in [0.1, 0.15) is 52.8 Å². The van der Waals surface area contributed by atoms with Gasteiger partial charge >= 0.3 is 5.76 Å². The van der Waals surface area contributed by atoms with Gasteiger partial charge in [-0.25, -0.2) is 9.18 Å². The number of amides is 1. The molecule has 2 fully saturated rings. The fourth-order valence-corrected chi connectivity index (χ4v) is 4.90. The number of nitrogens with zero attached hydrogens (tertiary/aromatic N) is 3. The van der Waals surface area contributed by atoms with Gasteiger partial charge in [-0.3, -0.25) is 4.79 Å². The summed E-state index contributed by atoms with van der Waals surface area (Å²) >= 11 is 0. The van der Waals surface area contributed by atoms with Gasteiger partial charge in [0.1, 0.15) is 28.8 Å². The first-order valence-corrected chi connectivity index (χ1v) is 11.7. The highest BCUT2D eigenvalue weighted by Gasteiger charge is 2.37. The van der Waals surface area contributed by atoms with Crippen molar-refractivity contribution in [1.82, 2.24) is 15.2 Å². The Bertz CT molecular complexity index is 1100. The highest BCUT2D eigenvalue weighted by Crippen LogP contribution is 2.30. The van der Waals surface area contributed by atoms with Crippen LogP contribution in [0.25, 0.3) is 11.0 Å². The van der Waals surface area contributed by atoms with E-state index in [0.717, 1.165) is 44.8 Å². The highest BCUT2D eigenvalue weighted by molar-refractivity contribution is 5.91. The molecule has 0 bridgehead atoms. The number of nitriles is 1. The van der Waals surface area contributed by atoms with Crippen molar-refractivity contribution in [1.29, 1.82) is 5.26 Å². The number of fused-ring (bicyclic) bond motifs is 1. The zero-order valence-electron chi connectivity index (χ0n) is 18.9. The second-order valence-electron chi connectivity index (χ2n) is 9.39. The molecule has 0 spiro atoms. The number of carbonyl (C=O) groups excluding carboxylic acids is 1. The van der Waals surface area contributed by atoms with E-state index >= 15 is 0 Å². The van der Waals surface area contributed by atoms with Crippen LogP contribution in [0.15, 0.2) is 27.4 Å². The molecule has 1 aliphatic heterocycles. The van der Waals surface area contributed by atoms with E-state index in [9.17, 15) is 19.2 Å². The van der Waals surface area contributed by atoms with Gasteiger partial charge in [0.2, 0.25) is 5.91 Å². The molecule has 1 aromatic carbocycles. The van der Waals surface area contributed by atoms with E-state index in [1.54, 1.807) is 0 Å². The molecule has 8 nitrogen and oxygen atoms in total. The Hall–Kier alpha value is -2.99. The molecule has 178 valence electrons. The summed E-state index contributed by atoms with van der Waals surface area (Å²) in [6, 6.07) is 5.51. The minimum absolute atomic E-state index is 0. The second kappa shape index (κ2) is 9.87. The summed E-state index contributed by atoms with van der Waals surface area (Å²) < 4.78 is 18.7.